The quantitative estimate of drug-likeness (QED) is 0.837. The van der Waals surface area contributed by atoms with Gasteiger partial charge in [-0.3, -0.25) is 0 Å². The predicted molar refractivity (Wildman–Crippen MR) is 66.1 cm³/mol. The summed E-state index contributed by atoms with van der Waals surface area (Å²) in [5.41, 5.74) is 0.274. The summed E-state index contributed by atoms with van der Waals surface area (Å²) in [4.78, 5) is 11.1. The molecular weight excluding hydrogens is 236 g/mol. The molecule has 0 aliphatic rings. The lowest BCUT2D eigenvalue weighted by molar-refractivity contribution is 0.00465. The summed E-state index contributed by atoms with van der Waals surface area (Å²) in [5, 5.41) is 13.2. The van der Waals surface area contributed by atoms with Crippen molar-refractivity contribution in [1.29, 1.82) is 0 Å². The van der Waals surface area contributed by atoms with Crippen LogP contribution in [0.3, 0.4) is 0 Å². The van der Waals surface area contributed by atoms with E-state index in [9.17, 15) is 4.79 Å². The van der Waals surface area contributed by atoms with Crippen LogP contribution in [-0.2, 0) is 11.8 Å². The molecule has 102 valence electrons. The summed E-state index contributed by atoms with van der Waals surface area (Å²) in [7, 11) is 3.30. The van der Waals surface area contributed by atoms with Crippen LogP contribution in [0, 0.1) is 6.92 Å². The lowest BCUT2D eigenvalue weighted by atomic mass is 10.1. The standard InChI is InChI=1S/C12H20N2O4/c1-8-9(11(15)16)10(14(4)13-8)18-7-6-12(2,3)17-5/h6-7H2,1-5H3,(H,15,16). The summed E-state index contributed by atoms with van der Waals surface area (Å²) in [6, 6.07) is 0. The molecule has 1 heterocycles. The molecule has 6 heteroatoms. The lowest BCUT2D eigenvalue weighted by Gasteiger charge is -2.22. The molecule has 0 saturated heterocycles. The molecule has 0 spiro atoms. The van der Waals surface area contributed by atoms with Crippen LogP contribution in [0.25, 0.3) is 0 Å². The smallest absolute Gasteiger partial charge is 0.343 e. The van der Waals surface area contributed by atoms with E-state index < -0.39 is 5.97 Å². The van der Waals surface area contributed by atoms with Gasteiger partial charge >= 0.3 is 5.97 Å². The van der Waals surface area contributed by atoms with Crippen molar-refractivity contribution in [2.45, 2.75) is 32.8 Å². The van der Waals surface area contributed by atoms with Crippen molar-refractivity contribution in [2.24, 2.45) is 7.05 Å². The van der Waals surface area contributed by atoms with Crippen LogP contribution < -0.4 is 4.74 Å². The molecule has 1 aromatic rings. The van der Waals surface area contributed by atoms with Crippen LogP contribution in [-0.4, -0.2) is 40.2 Å². The number of aromatic nitrogens is 2. The number of ether oxygens (including phenoxy) is 2. The fourth-order valence-corrected chi connectivity index (χ4v) is 1.54. The number of carboxylic acids is 1. The zero-order valence-corrected chi connectivity index (χ0v) is 11.5. The maximum absolute atomic E-state index is 11.1. The van der Waals surface area contributed by atoms with Crippen molar-refractivity contribution in [3.63, 3.8) is 0 Å². The number of hydrogen-bond donors (Lipinski definition) is 1. The van der Waals surface area contributed by atoms with Gasteiger partial charge in [-0.2, -0.15) is 5.10 Å². The van der Waals surface area contributed by atoms with Gasteiger partial charge < -0.3 is 14.6 Å². The average molecular weight is 256 g/mol. The third kappa shape index (κ3) is 3.22. The van der Waals surface area contributed by atoms with E-state index >= 15 is 0 Å². The molecule has 1 N–H and O–H groups in total. The highest BCUT2D eigenvalue weighted by atomic mass is 16.5. The molecule has 0 bridgehead atoms. The van der Waals surface area contributed by atoms with Gasteiger partial charge in [-0.15, -0.1) is 0 Å². The maximum atomic E-state index is 11.1. The molecule has 1 rings (SSSR count). The summed E-state index contributed by atoms with van der Waals surface area (Å²) in [6.07, 6.45) is 0.660. The SMILES string of the molecule is COC(C)(C)CCOc1c(C(=O)O)c(C)nn1C. The second-order valence-corrected chi connectivity index (χ2v) is 4.76. The molecule has 6 nitrogen and oxygen atoms in total. The first-order chi connectivity index (χ1) is 8.28. The van der Waals surface area contributed by atoms with Crippen molar-refractivity contribution < 1.29 is 19.4 Å². The Morgan fingerprint density at radius 1 is 1.50 bits per heavy atom. The molecule has 18 heavy (non-hydrogen) atoms. The highest BCUT2D eigenvalue weighted by molar-refractivity contribution is 5.91. The normalized spacial score (nSPS) is 11.6. The van der Waals surface area contributed by atoms with E-state index in [1.54, 1.807) is 21.1 Å². The van der Waals surface area contributed by atoms with Gasteiger partial charge in [-0.1, -0.05) is 0 Å². The lowest BCUT2D eigenvalue weighted by Crippen LogP contribution is -2.25. The molecule has 0 atom stereocenters. The van der Waals surface area contributed by atoms with E-state index in [0.717, 1.165) is 0 Å². The first-order valence-corrected chi connectivity index (χ1v) is 5.73. The van der Waals surface area contributed by atoms with Crippen molar-refractivity contribution in [3.8, 4) is 5.88 Å². The van der Waals surface area contributed by atoms with Gasteiger partial charge in [-0.05, 0) is 20.8 Å². The first kappa shape index (κ1) is 14.5. The zero-order valence-electron chi connectivity index (χ0n) is 11.5. The Bertz CT molecular complexity index is 438. The Morgan fingerprint density at radius 3 is 2.61 bits per heavy atom. The Hall–Kier alpha value is -1.56. The Morgan fingerprint density at radius 2 is 2.11 bits per heavy atom. The number of aromatic carboxylic acids is 1. The topological polar surface area (TPSA) is 73.6 Å². The van der Waals surface area contributed by atoms with Crippen LogP contribution in [0.15, 0.2) is 0 Å². The fourth-order valence-electron chi connectivity index (χ4n) is 1.54. The Labute approximate surface area is 107 Å². The average Bonchev–Trinajstić information content (AvgIpc) is 2.53. The third-order valence-corrected chi connectivity index (χ3v) is 2.88. The molecular formula is C12H20N2O4. The summed E-state index contributed by atoms with van der Waals surface area (Å²) < 4.78 is 12.2. The molecule has 1 aromatic heterocycles. The van der Waals surface area contributed by atoms with Gasteiger partial charge in [0.1, 0.15) is 5.56 Å². The van der Waals surface area contributed by atoms with Gasteiger partial charge in [-0.25, -0.2) is 9.48 Å². The number of aryl methyl sites for hydroxylation is 2. The highest BCUT2D eigenvalue weighted by Gasteiger charge is 2.22. The fraction of sp³-hybridized carbons (Fsp3) is 0.667. The second kappa shape index (κ2) is 5.39. The molecule has 0 fully saturated rings. The van der Waals surface area contributed by atoms with E-state index in [-0.39, 0.29) is 17.0 Å². The van der Waals surface area contributed by atoms with Crippen LogP contribution in [0.2, 0.25) is 0 Å². The van der Waals surface area contributed by atoms with Crippen LogP contribution in [0.1, 0.15) is 36.3 Å². The molecule has 0 aliphatic heterocycles. The third-order valence-electron chi connectivity index (χ3n) is 2.88. The van der Waals surface area contributed by atoms with Gasteiger partial charge in [0.25, 0.3) is 0 Å². The zero-order chi connectivity index (χ0) is 13.9. The first-order valence-electron chi connectivity index (χ1n) is 5.73. The van der Waals surface area contributed by atoms with Crippen molar-refractivity contribution in [3.05, 3.63) is 11.3 Å². The van der Waals surface area contributed by atoms with Crippen LogP contribution >= 0.6 is 0 Å². The van der Waals surface area contributed by atoms with Gasteiger partial charge in [0.15, 0.2) is 0 Å². The van der Waals surface area contributed by atoms with Gasteiger partial charge in [0, 0.05) is 20.6 Å². The minimum atomic E-state index is -1.03. The molecule has 0 aliphatic carbocycles. The molecule has 0 radical (unpaired) electrons. The summed E-state index contributed by atoms with van der Waals surface area (Å²) in [6.45, 7) is 5.92. The van der Waals surface area contributed by atoms with E-state index in [1.807, 2.05) is 13.8 Å². The van der Waals surface area contributed by atoms with Crippen LogP contribution in [0.5, 0.6) is 5.88 Å². The molecule has 0 amide bonds. The van der Waals surface area contributed by atoms with Crippen molar-refractivity contribution in [1.82, 2.24) is 9.78 Å². The van der Waals surface area contributed by atoms with Crippen molar-refractivity contribution in [2.75, 3.05) is 13.7 Å². The maximum Gasteiger partial charge on any atom is 0.343 e. The second-order valence-electron chi connectivity index (χ2n) is 4.76. The van der Waals surface area contributed by atoms with E-state index in [1.165, 1.54) is 4.68 Å². The molecule has 0 unspecified atom stereocenters. The minimum absolute atomic E-state index is 0.118. The van der Waals surface area contributed by atoms with Crippen molar-refractivity contribution >= 4 is 5.97 Å². The molecule has 0 aromatic carbocycles. The number of carboxylic acid groups (broad SMARTS) is 1. The number of carbonyl (C=O) groups is 1. The van der Waals surface area contributed by atoms with E-state index in [4.69, 9.17) is 14.6 Å². The van der Waals surface area contributed by atoms with E-state index in [0.29, 0.717) is 18.7 Å². The minimum Gasteiger partial charge on any atom is -0.477 e. The van der Waals surface area contributed by atoms with Crippen LogP contribution in [0.4, 0.5) is 0 Å². The Balaban J connectivity index is 2.76. The number of methoxy groups -OCH3 is 1. The number of hydrogen-bond acceptors (Lipinski definition) is 4. The summed E-state index contributed by atoms with van der Waals surface area (Å²) >= 11 is 0. The number of nitrogens with zero attached hydrogens (tertiary/aromatic N) is 2. The number of rotatable bonds is 6. The highest BCUT2D eigenvalue weighted by Crippen LogP contribution is 2.22. The van der Waals surface area contributed by atoms with Gasteiger partial charge in [0.2, 0.25) is 5.88 Å². The molecule has 0 saturated carbocycles. The predicted octanol–water partition coefficient (Wildman–Crippen LogP) is 1.62. The Kier molecular flexibility index (Phi) is 4.34. The van der Waals surface area contributed by atoms with Gasteiger partial charge in [0.05, 0.1) is 17.9 Å². The van der Waals surface area contributed by atoms with E-state index in [2.05, 4.69) is 5.10 Å². The monoisotopic (exact) mass is 256 g/mol. The largest absolute Gasteiger partial charge is 0.477 e. The summed E-state index contributed by atoms with van der Waals surface area (Å²) in [5.74, 6) is -0.742.